The van der Waals surface area contributed by atoms with Crippen LogP contribution in [0.5, 0.6) is 0 Å². The maximum Gasteiger partial charge on any atom is 0.251 e. The molecule has 0 spiro atoms. The summed E-state index contributed by atoms with van der Waals surface area (Å²) in [7, 11) is 3.76. The molecule has 24 heavy (non-hydrogen) atoms. The summed E-state index contributed by atoms with van der Waals surface area (Å²) < 4.78 is 0. The van der Waals surface area contributed by atoms with Crippen molar-refractivity contribution >= 4 is 5.91 Å². The van der Waals surface area contributed by atoms with E-state index in [4.69, 9.17) is 0 Å². The number of amides is 1. The average Bonchev–Trinajstić information content (AvgIpc) is 2.48. The van der Waals surface area contributed by atoms with E-state index in [1.165, 1.54) is 6.07 Å². The van der Waals surface area contributed by atoms with Gasteiger partial charge in [-0.2, -0.15) is 0 Å². The third-order valence-electron chi connectivity index (χ3n) is 3.74. The molecule has 0 saturated heterocycles. The van der Waals surface area contributed by atoms with Gasteiger partial charge in [0.15, 0.2) is 0 Å². The number of carbonyl (C=O) groups is 1. The number of aromatic nitrogens is 2. The molecule has 0 bridgehead atoms. The van der Waals surface area contributed by atoms with Crippen molar-refractivity contribution in [2.75, 3.05) is 20.6 Å². The number of carbonyl (C=O) groups excluding carboxylic acids is 1. The maximum atomic E-state index is 12.5. The predicted octanol–water partition coefficient (Wildman–Crippen LogP) is 1.35. The number of benzene rings is 1. The van der Waals surface area contributed by atoms with E-state index in [9.17, 15) is 9.59 Å². The Morgan fingerprint density at radius 2 is 1.92 bits per heavy atom. The Hall–Kier alpha value is -2.47. The molecule has 6 heteroatoms. The number of nitrogens with zero attached hydrogens (tertiary/aromatic N) is 2. The summed E-state index contributed by atoms with van der Waals surface area (Å²) in [4.78, 5) is 32.8. The second-order valence-electron chi connectivity index (χ2n) is 6.15. The van der Waals surface area contributed by atoms with Crippen LogP contribution in [-0.4, -0.2) is 41.4 Å². The van der Waals surface area contributed by atoms with Crippen LogP contribution in [0.15, 0.2) is 35.1 Å². The molecule has 0 unspecified atom stereocenters. The van der Waals surface area contributed by atoms with E-state index in [1.54, 1.807) is 6.92 Å². The van der Waals surface area contributed by atoms with Gasteiger partial charge in [0.25, 0.3) is 5.56 Å². The van der Waals surface area contributed by atoms with Crippen molar-refractivity contribution in [3.8, 4) is 0 Å². The van der Waals surface area contributed by atoms with Crippen LogP contribution < -0.4 is 10.9 Å². The van der Waals surface area contributed by atoms with E-state index in [0.29, 0.717) is 24.5 Å². The monoisotopic (exact) mass is 328 g/mol. The van der Waals surface area contributed by atoms with Crippen LogP contribution >= 0.6 is 0 Å². The molecule has 2 aromatic rings. The zero-order chi connectivity index (χ0) is 17.7. The lowest BCUT2D eigenvalue weighted by atomic mass is 10.0. The molecular formula is C18H24N4O2. The van der Waals surface area contributed by atoms with Gasteiger partial charge in [0, 0.05) is 24.7 Å². The molecular weight excluding hydrogens is 304 g/mol. The van der Waals surface area contributed by atoms with Crippen LogP contribution in [0, 0.1) is 13.8 Å². The number of hydrogen-bond acceptors (Lipinski definition) is 4. The second kappa shape index (κ2) is 7.88. The lowest BCUT2D eigenvalue weighted by Crippen LogP contribution is -2.38. The quantitative estimate of drug-likeness (QED) is 0.839. The highest BCUT2D eigenvalue weighted by atomic mass is 16.2. The largest absolute Gasteiger partial charge is 0.354 e. The molecule has 1 atom stereocenters. The number of likely N-dealkylation sites (N-methyl/N-ethyl adjacent to an activating group) is 1. The van der Waals surface area contributed by atoms with Gasteiger partial charge in [-0.25, -0.2) is 4.98 Å². The molecule has 0 aliphatic rings. The minimum atomic E-state index is -0.352. The van der Waals surface area contributed by atoms with Gasteiger partial charge in [0.05, 0.1) is 0 Å². The Labute approximate surface area is 141 Å². The molecule has 1 heterocycles. The molecule has 1 aromatic heterocycles. The summed E-state index contributed by atoms with van der Waals surface area (Å²) in [6, 6.07) is 9.04. The Morgan fingerprint density at radius 1 is 1.25 bits per heavy atom. The molecule has 0 fully saturated rings. The van der Waals surface area contributed by atoms with Gasteiger partial charge >= 0.3 is 0 Å². The van der Waals surface area contributed by atoms with E-state index in [-0.39, 0.29) is 17.5 Å². The summed E-state index contributed by atoms with van der Waals surface area (Å²) >= 11 is 0. The summed E-state index contributed by atoms with van der Waals surface area (Å²) in [5, 5.41) is 2.92. The third-order valence-corrected chi connectivity index (χ3v) is 3.74. The minimum absolute atomic E-state index is 0.0705. The highest BCUT2D eigenvalue weighted by Gasteiger charge is 2.22. The van der Waals surface area contributed by atoms with Crippen molar-refractivity contribution in [2.24, 2.45) is 0 Å². The number of nitrogens with one attached hydrogen (secondary N) is 2. The zero-order valence-electron chi connectivity index (χ0n) is 14.6. The van der Waals surface area contributed by atoms with Gasteiger partial charge < -0.3 is 10.3 Å². The van der Waals surface area contributed by atoms with Gasteiger partial charge in [-0.15, -0.1) is 0 Å². The van der Waals surface area contributed by atoms with Gasteiger partial charge in [0.1, 0.15) is 11.9 Å². The lowest BCUT2D eigenvalue weighted by molar-refractivity contribution is -0.125. The van der Waals surface area contributed by atoms with E-state index in [1.807, 2.05) is 50.2 Å². The van der Waals surface area contributed by atoms with Crippen LogP contribution in [-0.2, 0) is 11.2 Å². The van der Waals surface area contributed by atoms with Gasteiger partial charge in [-0.3, -0.25) is 14.5 Å². The Kier molecular flexibility index (Phi) is 5.87. The summed E-state index contributed by atoms with van der Waals surface area (Å²) in [5.41, 5.74) is 2.61. The molecule has 0 aliphatic carbocycles. The smallest absolute Gasteiger partial charge is 0.251 e. The van der Waals surface area contributed by atoms with Crippen LogP contribution in [0.2, 0.25) is 0 Å². The van der Waals surface area contributed by atoms with Gasteiger partial charge in [0.2, 0.25) is 5.91 Å². The van der Waals surface area contributed by atoms with Gasteiger partial charge in [-0.1, -0.05) is 29.8 Å². The fraction of sp³-hybridized carbons (Fsp3) is 0.389. The minimum Gasteiger partial charge on any atom is -0.354 e. The fourth-order valence-electron chi connectivity index (χ4n) is 2.59. The van der Waals surface area contributed by atoms with E-state index >= 15 is 0 Å². The molecule has 2 rings (SSSR count). The summed E-state index contributed by atoms with van der Waals surface area (Å²) in [6.45, 7) is 4.21. The highest BCUT2D eigenvalue weighted by molar-refractivity contribution is 5.83. The number of aromatic amines is 1. The van der Waals surface area contributed by atoms with Crippen molar-refractivity contribution in [3.63, 3.8) is 0 Å². The highest BCUT2D eigenvalue weighted by Crippen LogP contribution is 2.18. The summed E-state index contributed by atoms with van der Waals surface area (Å²) in [5.74, 6) is 0.510. The maximum absolute atomic E-state index is 12.5. The van der Waals surface area contributed by atoms with Crippen molar-refractivity contribution < 1.29 is 4.79 Å². The molecule has 0 saturated carbocycles. The predicted molar refractivity (Wildman–Crippen MR) is 93.9 cm³/mol. The average molecular weight is 328 g/mol. The molecule has 1 aromatic carbocycles. The van der Waals surface area contributed by atoms with Crippen LogP contribution in [0.3, 0.4) is 0 Å². The Bertz CT molecular complexity index is 750. The normalized spacial score (nSPS) is 12.2. The second-order valence-corrected chi connectivity index (χ2v) is 6.15. The van der Waals surface area contributed by atoms with E-state index in [0.717, 1.165) is 11.1 Å². The van der Waals surface area contributed by atoms with Crippen molar-refractivity contribution in [1.29, 1.82) is 0 Å². The molecule has 2 N–H and O–H groups in total. The number of rotatable bonds is 6. The first-order chi connectivity index (χ1) is 11.4. The topological polar surface area (TPSA) is 78.1 Å². The molecule has 6 nitrogen and oxygen atoms in total. The first kappa shape index (κ1) is 17.9. The SMILES string of the molecule is Cc1ccc([C@@H](C(=O)NCCc2nc(C)cc(=O)[nH]2)N(C)C)cc1. The first-order valence-corrected chi connectivity index (χ1v) is 7.94. The van der Waals surface area contributed by atoms with E-state index < -0.39 is 0 Å². The number of hydrogen-bond donors (Lipinski definition) is 2. The molecule has 0 radical (unpaired) electrons. The summed E-state index contributed by atoms with van der Waals surface area (Å²) in [6.07, 6.45) is 0.483. The third kappa shape index (κ3) is 4.76. The number of aryl methyl sites for hydroxylation is 2. The van der Waals surface area contributed by atoms with Crippen LogP contribution in [0.1, 0.15) is 28.7 Å². The standard InChI is InChI=1S/C18H24N4O2/c1-12-5-7-14(8-6-12)17(22(3)4)18(24)19-10-9-15-20-13(2)11-16(23)21-15/h5-8,11,17H,9-10H2,1-4H3,(H,19,24)(H,20,21,23)/t17-/m0/s1. The Balaban J connectivity index is 2.00. The Morgan fingerprint density at radius 3 is 2.50 bits per heavy atom. The van der Waals surface area contributed by atoms with Crippen molar-refractivity contribution in [3.05, 3.63) is 63.3 Å². The van der Waals surface area contributed by atoms with Gasteiger partial charge in [-0.05, 0) is 33.5 Å². The number of H-pyrrole nitrogens is 1. The first-order valence-electron chi connectivity index (χ1n) is 7.94. The van der Waals surface area contributed by atoms with Crippen LogP contribution in [0.4, 0.5) is 0 Å². The molecule has 128 valence electrons. The van der Waals surface area contributed by atoms with E-state index in [2.05, 4.69) is 15.3 Å². The fourth-order valence-corrected chi connectivity index (χ4v) is 2.59. The van der Waals surface area contributed by atoms with Crippen LogP contribution in [0.25, 0.3) is 0 Å². The lowest BCUT2D eigenvalue weighted by Gasteiger charge is -2.24. The van der Waals surface area contributed by atoms with Crippen molar-refractivity contribution in [1.82, 2.24) is 20.2 Å². The van der Waals surface area contributed by atoms with Crippen molar-refractivity contribution in [2.45, 2.75) is 26.3 Å². The molecule has 1 amide bonds. The zero-order valence-corrected chi connectivity index (χ0v) is 14.6. The molecule has 0 aliphatic heterocycles.